The van der Waals surface area contributed by atoms with E-state index in [9.17, 15) is 9.90 Å². The summed E-state index contributed by atoms with van der Waals surface area (Å²) < 4.78 is 7.19. The Morgan fingerprint density at radius 2 is 1.92 bits per heavy atom. The summed E-state index contributed by atoms with van der Waals surface area (Å²) in [4.78, 5) is 15.8. The van der Waals surface area contributed by atoms with E-state index >= 15 is 0 Å². The topological polar surface area (TPSA) is 81.1 Å². The van der Waals surface area contributed by atoms with Gasteiger partial charge in [-0.15, -0.1) is 0 Å². The summed E-state index contributed by atoms with van der Waals surface area (Å²) in [6.45, 7) is 2.08. The third-order valence-corrected chi connectivity index (χ3v) is 4.05. The van der Waals surface area contributed by atoms with Gasteiger partial charge < -0.3 is 9.52 Å². The molecule has 4 aromatic rings. The number of aromatic nitrogens is 3. The molecule has 2 aromatic heterocycles. The van der Waals surface area contributed by atoms with Crippen molar-refractivity contribution in [2.45, 2.75) is 13.3 Å². The van der Waals surface area contributed by atoms with Gasteiger partial charge in [-0.3, -0.25) is 0 Å². The number of oxazole rings is 1. The predicted octanol–water partition coefficient (Wildman–Crippen LogP) is 3.94. The molecule has 6 nitrogen and oxygen atoms in total. The van der Waals surface area contributed by atoms with E-state index < -0.39 is 5.97 Å². The number of nitrogens with zero attached hydrogens (tertiary/aromatic N) is 3. The zero-order valence-corrected chi connectivity index (χ0v) is 13.5. The number of carboxylic acid groups (broad SMARTS) is 1. The molecule has 0 amide bonds. The van der Waals surface area contributed by atoms with Crippen LogP contribution < -0.4 is 0 Å². The molecule has 25 heavy (non-hydrogen) atoms. The van der Waals surface area contributed by atoms with Gasteiger partial charge in [0.2, 0.25) is 0 Å². The average molecular weight is 333 g/mol. The van der Waals surface area contributed by atoms with Crippen LogP contribution in [0.1, 0.15) is 23.0 Å². The maximum absolute atomic E-state index is 11.4. The second kappa shape index (κ2) is 5.90. The zero-order chi connectivity index (χ0) is 17.4. The number of carbonyl (C=O) groups is 1. The number of benzene rings is 2. The minimum atomic E-state index is -1.10. The molecule has 0 aliphatic carbocycles. The minimum Gasteiger partial charge on any atom is -0.476 e. The fourth-order valence-electron chi connectivity index (χ4n) is 2.70. The van der Waals surface area contributed by atoms with E-state index in [0.29, 0.717) is 16.8 Å². The summed E-state index contributed by atoms with van der Waals surface area (Å²) in [5, 5.41) is 13.5. The van der Waals surface area contributed by atoms with Crippen LogP contribution >= 0.6 is 0 Å². The number of hydrogen-bond acceptors (Lipinski definition) is 4. The second-order valence-corrected chi connectivity index (χ2v) is 5.65. The molecule has 0 aliphatic rings. The third kappa shape index (κ3) is 2.67. The van der Waals surface area contributed by atoms with Crippen molar-refractivity contribution in [1.82, 2.24) is 14.8 Å². The lowest BCUT2D eigenvalue weighted by Crippen LogP contribution is -2.02. The molecule has 1 N–H and O–H groups in total. The van der Waals surface area contributed by atoms with Gasteiger partial charge in [0, 0.05) is 5.56 Å². The molecule has 2 heterocycles. The number of aromatic carboxylic acids is 1. The summed E-state index contributed by atoms with van der Waals surface area (Å²) in [6.07, 6.45) is 0.936. The Morgan fingerprint density at radius 1 is 1.16 bits per heavy atom. The highest BCUT2D eigenvalue weighted by Crippen LogP contribution is 2.26. The first kappa shape index (κ1) is 15.1. The van der Waals surface area contributed by atoms with Gasteiger partial charge >= 0.3 is 12.0 Å². The van der Waals surface area contributed by atoms with Crippen molar-refractivity contribution in [2.75, 3.05) is 0 Å². The molecule has 0 atom stereocenters. The normalized spacial score (nSPS) is 11.1. The number of hydrogen-bond donors (Lipinski definition) is 1. The Morgan fingerprint density at radius 3 is 2.60 bits per heavy atom. The van der Waals surface area contributed by atoms with Crippen LogP contribution in [0, 0.1) is 0 Å². The van der Waals surface area contributed by atoms with Crippen LogP contribution in [0.3, 0.4) is 0 Å². The molecule has 0 spiro atoms. The van der Waals surface area contributed by atoms with E-state index in [1.807, 2.05) is 48.5 Å². The molecular weight excluding hydrogens is 318 g/mol. The van der Waals surface area contributed by atoms with E-state index in [1.165, 1.54) is 16.3 Å². The smallest absolute Gasteiger partial charge is 0.356 e. The molecule has 0 aliphatic heterocycles. The molecule has 0 saturated carbocycles. The highest BCUT2D eigenvalue weighted by atomic mass is 16.4. The van der Waals surface area contributed by atoms with Crippen LogP contribution in [0.4, 0.5) is 0 Å². The Bertz CT molecular complexity index is 1030. The number of para-hydroxylation sites is 2. The molecule has 0 unspecified atom stereocenters. The maximum atomic E-state index is 11.4. The average Bonchev–Trinajstić information content (AvgIpc) is 3.26. The lowest BCUT2D eigenvalue weighted by molar-refractivity contribution is 0.0690. The standard InChI is InChI=1S/C19H15N3O3/c1-2-12-7-9-13(10-8-12)16-11-15(18(23)24)21-22(16)19-20-14-5-3-4-6-17(14)25-19/h3-11H,2H2,1H3,(H,23,24). The van der Waals surface area contributed by atoms with Crippen molar-refractivity contribution < 1.29 is 14.3 Å². The quantitative estimate of drug-likeness (QED) is 0.612. The molecule has 0 bridgehead atoms. The van der Waals surface area contributed by atoms with Crippen LogP contribution in [0.25, 0.3) is 28.4 Å². The number of rotatable bonds is 4. The largest absolute Gasteiger partial charge is 0.476 e. The lowest BCUT2D eigenvalue weighted by atomic mass is 10.1. The molecule has 0 fully saturated rings. The number of aryl methyl sites for hydroxylation is 1. The van der Waals surface area contributed by atoms with Crippen LogP contribution in [-0.2, 0) is 6.42 Å². The van der Waals surface area contributed by atoms with Gasteiger partial charge in [-0.2, -0.15) is 14.8 Å². The van der Waals surface area contributed by atoms with Crippen LogP contribution in [0.5, 0.6) is 0 Å². The van der Waals surface area contributed by atoms with E-state index in [1.54, 1.807) is 0 Å². The second-order valence-electron chi connectivity index (χ2n) is 5.65. The fraction of sp³-hybridized carbons (Fsp3) is 0.105. The highest BCUT2D eigenvalue weighted by molar-refractivity contribution is 5.87. The minimum absolute atomic E-state index is 0.0585. The first-order chi connectivity index (χ1) is 12.2. The number of fused-ring (bicyclic) bond motifs is 1. The molecule has 0 radical (unpaired) electrons. The van der Waals surface area contributed by atoms with Crippen LogP contribution in [0.15, 0.2) is 59.0 Å². The summed E-state index contributed by atoms with van der Waals surface area (Å²) in [5.74, 6) is -1.10. The van der Waals surface area contributed by atoms with Gasteiger partial charge in [-0.05, 0) is 30.2 Å². The fourth-order valence-corrected chi connectivity index (χ4v) is 2.70. The summed E-state index contributed by atoms with van der Waals surface area (Å²) >= 11 is 0. The van der Waals surface area contributed by atoms with Crippen molar-refractivity contribution in [3.05, 3.63) is 65.9 Å². The van der Waals surface area contributed by atoms with Crippen LogP contribution in [0.2, 0.25) is 0 Å². The highest BCUT2D eigenvalue weighted by Gasteiger charge is 2.19. The van der Waals surface area contributed by atoms with Gasteiger partial charge in [0.25, 0.3) is 0 Å². The van der Waals surface area contributed by atoms with Gasteiger partial charge in [0.1, 0.15) is 5.52 Å². The number of carboxylic acids is 1. The van der Waals surface area contributed by atoms with Gasteiger partial charge in [-0.25, -0.2) is 4.79 Å². The maximum Gasteiger partial charge on any atom is 0.356 e. The van der Waals surface area contributed by atoms with Gasteiger partial charge in [0.05, 0.1) is 5.69 Å². The van der Waals surface area contributed by atoms with Crippen molar-refractivity contribution >= 4 is 17.1 Å². The van der Waals surface area contributed by atoms with Gasteiger partial charge in [-0.1, -0.05) is 43.3 Å². The van der Waals surface area contributed by atoms with Gasteiger partial charge in [0.15, 0.2) is 11.3 Å². The van der Waals surface area contributed by atoms with E-state index in [-0.39, 0.29) is 11.7 Å². The Labute approximate surface area is 143 Å². The zero-order valence-electron chi connectivity index (χ0n) is 13.5. The monoisotopic (exact) mass is 333 g/mol. The van der Waals surface area contributed by atoms with Crippen molar-refractivity contribution in [1.29, 1.82) is 0 Å². The SMILES string of the molecule is CCc1ccc(-c2cc(C(=O)O)nn2-c2nc3ccccc3o2)cc1. The summed E-state index contributed by atoms with van der Waals surface area (Å²) in [6, 6.07) is 17.0. The van der Waals surface area contributed by atoms with Crippen molar-refractivity contribution in [3.63, 3.8) is 0 Å². The Hall–Kier alpha value is -3.41. The predicted molar refractivity (Wildman–Crippen MR) is 92.9 cm³/mol. The lowest BCUT2D eigenvalue weighted by Gasteiger charge is -2.04. The first-order valence-corrected chi connectivity index (χ1v) is 7.94. The third-order valence-electron chi connectivity index (χ3n) is 4.05. The van der Waals surface area contributed by atoms with E-state index in [2.05, 4.69) is 17.0 Å². The summed E-state index contributed by atoms with van der Waals surface area (Å²) in [7, 11) is 0. The van der Waals surface area contributed by atoms with E-state index in [0.717, 1.165) is 12.0 Å². The Balaban J connectivity index is 1.89. The van der Waals surface area contributed by atoms with Crippen molar-refractivity contribution in [2.24, 2.45) is 0 Å². The van der Waals surface area contributed by atoms with E-state index in [4.69, 9.17) is 4.42 Å². The molecule has 0 saturated heterocycles. The summed E-state index contributed by atoms with van der Waals surface area (Å²) in [5.41, 5.74) is 3.92. The molecular formula is C19H15N3O3. The Kier molecular flexibility index (Phi) is 3.57. The van der Waals surface area contributed by atoms with Crippen LogP contribution in [-0.4, -0.2) is 25.8 Å². The molecule has 2 aromatic carbocycles. The first-order valence-electron chi connectivity index (χ1n) is 7.94. The molecule has 124 valence electrons. The molecule has 6 heteroatoms. The van der Waals surface area contributed by atoms with Crippen molar-refractivity contribution in [3.8, 4) is 17.3 Å². The molecule has 4 rings (SSSR count).